The quantitative estimate of drug-likeness (QED) is 0.755. The molecule has 0 aliphatic heterocycles. The third-order valence-corrected chi connectivity index (χ3v) is 2.97. The number of nitrogens with one attached hydrogen (secondary N) is 1. The van der Waals surface area contributed by atoms with Crippen LogP contribution in [0, 0.1) is 0 Å². The number of hydrogen-bond acceptors (Lipinski definition) is 3. The van der Waals surface area contributed by atoms with E-state index in [1.54, 1.807) is 36.4 Å². The summed E-state index contributed by atoms with van der Waals surface area (Å²) in [4.78, 5) is 12.0. The summed E-state index contributed by atoms with van der Waals surface area (Å²) in [7, 11) is 0. The molecule has 5 heteroatoms. The summed E-state index contributed by atoms with van der Waals surface area (Å²) in [6.45, 7) is -0.0718. The summed E-state index contributed by atoms with van der Waals surface area (Å²) < 4.78 is 0. The number of benzene rings is 2. The van der Waals surface area contributed by atoms with Crippen LogP contribution in [0.4, 0.5) is 11.4 Å². The van der Waals surface area contributed by atoms with Crippen LogP contribution in [-0.2, 0) is 6.61 Å². The van der Waals surface area contributed by atoms with Gasteiger partial charge in [0.25, 0.3) is 5.91 Å². The zero-order valence-electron chi connectivity index (χ0n) is 10.1. The second-order valence-corrected chi connectivity index (χ2v) is 4.46. The molecule has 0 aliphatic rings. The summed E-state index contributed by atoms with van der Waals surface area (Å²) in [5.41, 5.74) is 7.79. The Hall–Kier alpha value is -2.04. The van der Waals surface area contributed by atoms with Crippen LogP contribution in [0.2, 0.25) is 5.02 Å². The Labute approximate surface area is 115 Å². The van der Waals surface area contributed by atoms with E-state index in [1.807, 2.05) is 0 Å². The fourth-order valence-corrected chi connectivity index (χ4v) is 1.75. The predicted molar refractivity (Wildman–Crippen MR) is 76.2 cm³/mol. The number of aliphatic hydroxyl groups excluding tert-OH is 1. The maximum absolute atomic E-state index is 12.0. The first kappa shape index (κ1) is 13.4. The Morgan fingerprint density at radius 1 is 1.26 bits per heavy atom. The number of nitrogens with two attached hydrogens (primary N) is 1. The highest BCUT2D eigenvalue weighted by Crippen LogP contribution is 2.20. The number of amides is 1. The fraction of sp³-hybridized carbons (Fsp3) is 0.0714. The molecule has 1 amide bonds. The average Bonchev–Trinajstić information content (AvgIpc) is 2.42. The fourth-order valence-electron chi connectivity index (χ4n) is 1.64. The van der Waals surface area contributed by atoms with Crippen LogP contribution in [0.15, 0.2) is 42.5 Å². The van der Waals surface area contributed by atoms with Crippen molar-refractivity contribution in [3.05, 3.63) is 58.6 Å². The van der Waals surface area contributed by atoms with Gasteiger partial charge in [-0.1, -0.05) is 23.7 Å². The number of nitrogen functional groups attached to an aromatic ring is 1. The lowest BCUT2D eigenvalue weighted by Crippen LogP contribution is -2.12. The summed E-state index contributed by atoms with van der Waals surface area (Å²) in [5, 5.41) is 12.2. The van der Waals surface area contributed by atoms with Gasteiger partial charge in [0.05, 0.1) is 17.3 Å². The lowest BCUT2D eigenvalue weighted by molar-refractivity contribution is 0.102. The molecule has 4 N–H and O–H groups in total. The topological polar surface area (TPSA) is 75.4 Å². The third kappa shape index (κ3) is 3.24. The van der Waals surface area contributed by atoms with Gasteiger partial charge in [-0.05, 0) is 35.9 Å². The van der Waals surface area contributed by atoms with Crippen molar-refractivity contribution >= 4 is 28.9 Å². The molecule has 0 bridgehead atoms. The first-order valence-corrected chi connectivity index (χ1v) is 6.04. The monoisotopic (exact) mass is 276 g/mol. The highest BCUT2D eigenvalue weighted by atomic mass is 35.5. The molecule has 4 nitrogen and oxygen atoms in total. The summed E-state index contributed by atoms with van der Waals surface area (Å²) in [6.07, 6.45) is 0. The Balaban J connectivity index is 2.18. The van der Waals surface area contributed by atoms with E-state index < -0.39 is 0 Å². The second kappa shape index (κ2) is 5.73. The minimum Gasteiger partial charge on any atom is -0.398 e. The Bertz CT molecular complexity index is 614. The van der Waals surface area contributed by atoms with Crippen molar-refractivity contribution in [1.82, 2.24) is 0 Å². The number of carbonyl (C=O) groups excluding carboxylic acids is 1. The highest BCUT2D eigenvalue weighted by molar-refractivity contribution is 6.33. The van der Waals surface area contributed by atoms with Crippen molar-refractivity contribution in [2.24, 2.45) is 0 Å². The molecular formula is C14H13ClN2O2. The summed E-state index contributed by atoms with van der Waals surface area (Å²) in [6, 6.07) is 11.7. The van der Waals surface area contributed by atoms with Gasteiger partial charge in [0.2, 0.25) is 0 Å². The molecule has 2 aromatic rings. The van der Waals surface area contributed by atoms with E-state index in [4.69, 9.17) is 22.4 Å². The van der Waals surface area contributed by atoms with E-state index in [1.165, 1.54) is 6.07 Å². The van der Waals surface area contributed by atoms with Crippen molar-refractivity contribution in [1.29, 1.82) is 0 Å². The van der Waals surface area contributed by atoms with Crippen LogP contribution in [0.25, 0.3) is 0 Å². The predicted octanol–water partition coefficient (Wildman–Crippen LogP) is 2.67. The van der Waals surface area contributed by atoms with E-state index >= 15 is 0 Å². The molecule has 0 fully saturated rings. The van der Waals surface area contributed by atoms with E-state index in [-0.39, 0.29) is 12.5 Å². The van der Waals surface area contributed by atoms with Crippen molar-refractivity contribution < 1.29 is 9.90 Å². The molecule has 0 unspecified atom stereocenters. The van der Waals surface area contributed by atoms with Crippen LogP contribution >= 0.6 is 11.6 Å². The van der Waals surface area contributed by atoms with Crippen LogP contribution in [0.5, 0.6) is 0 Å². The molecular weight excluding hydrogens is 264 g/mol. The van der Waals surface area contributed by atoms with Crippen LogP contribution < -0.4 is 11.1 Å². The third-order valence-electron chi connectivity index (χ3n) is 2.63. The van der Waals surface area contributed by atoms with Gasteiger partial charge in [0.1, 0.15) is 0 Å². The van der Waals surface area contributed by atoms with E-state index in [0.29, 0.717) is 22.0 Å². The van der Waals surface area contributed by atoms with Gasteiger partial charge < -0.3 is 16.2 Å². The average molecular weight is 277 g/mol. The van der Waals surface area contributed by atoms with Gasteiger partial charge in [-0.3, -0.25) is 4.79 Å². The molecule has 0 radical (unpaired) electrons. The Morgan fingerprint density at radius 3 is 2.74 bits per heavy atom. The number of rotatable bonds is 3. The second-order valence-electron chi connectivity index (χ2n) is 4.05. The zero-order valence-corrected chi connectivity index (χ0v) is 10.8. The number of halogens is 1. The Kier molecular flexibility index (Phi) is 4.04. The molecule has 0 spiro atoms. The molecule has 19 heavy (non-hydrogen) atoms. The maximum atomic E-state index is 12.0. The molecule has 0 atom stereocenters. The SMILES string of the molecule is Nc1cc(C(=O)Nc2cccc(CO)c2)ccc1Cl. The molecule has 2 aromatic carbocycles. The molecule has 98 valence electrons. The summed E-state index contributed by atoms with van der Waals surface area (Å²) >= 11 is 5.80. The molecule has 0 saturated carbocycles. The number of carbonyl (C=O) groups is 1. The van der Waals surface area contributed by atoms with Crippen LogP contribution in [0.1, 0.15) is 15.9 Å². The van der Waals surface area contributed by atoms with Crippen LogP contribution in [-0.4, -0.2) is 11.0 Å². The minimum absolute atomic E-state index is 0.0718. The van der Waals surface area contributed by atoms with Gasteiger partial charge in [-0.15, -0.1) is 0 Å². The standard InChI is InChI=1S/C14H13ClN2O2/c15-12-5-4-10(7-13(12)16)14(19)17-11-3-1-2-9(6-11)8-18/h1-7,18H,8,16H2,(H,17,19). The first-order chi connectivity index (χ1) is 9.10. The summed E-state index contributed by atoms with van der Waals surface area (Å²) in [5.74, 6) is -0.279. The number of hydrogen-bond donors (Lipinski definition) is 3. The van der Waals surface area contributed by atoms with Crippen molar-refractivity contribution in [2.75, 3.05) is 11.1 Å². The maximum Gasteiger partial charge on any atom is 0.255 e. The molecule has 0 aliphatic carbocycles. The van der Waals surface area contributed by atoms with E-state index in [9.17, 15) is 4.79 Å². The first-order valence-electron chi connectivity index (χ1n) is 5.66. The van der Waals surface area contributed by atoms with Crippen LogP contribution in [0.3, 0.4) is 0 Å². The lowest BCUT2D eigenvalue weighted by atomic mass is 10.1. The molecule has 0 heterocycles. The molecule has 0 aromatic heterocycles. The van der Waals surface area contributed by atoms with Gasteiger partial charge in [0.15, 0.2) is 0 Å². The smallest absolute Gasteiger partial charge is 0.255 e. The molecule has 2 rings (SSSR count). The largest absolute Gasteiger partial charge is 0.398 e. The van der Waals surface area contributed by atoms with Crippen molar-refractivity contribution in [3.8, 4) is 0 Å². The van der Waals surface area contributed by atoms with E-state index in [0.717, 1.165) is 5.56 Å². The zero-order chi connectivity index (χ0) is 13.8. The highest BCUT2D eigenvalue weighted by Gasteiger charge is 2.08. The van der Waals surface area contributed by atoms with E-state index in [2.05, 4.69) is 5.32 Å². The minimum atomic E-state index is -0.279. The van der Waals surface area contributed by atoms with Crippen molar-refractivity contribution in [3.63, 3.8) is 0 Å². The van der Waals surface area contributed by atoms with Gasteiger partial charge >= 0.3 is 0 Å². The van der Waals surface area contributed by atoms with Gasteiger partial charge in [0, 0.05) is 11.3 Å². The van der Waals surface area contributed by atoms with Gasteiger partial charge in [-0.25, -0.2) is 0 Å². The Morgan fingerprint density at radius 2 is 2.05 bits per heavy atom. The number of anilines is 2. The normalized spacial score (nSPS) is 10.2. The van der Waals surface area contributed by atoms with Gasteiger partial charge in [-0.2, -0.15) is 0 Å². The van der Waals surface area contributed by atoms with Crippen molar-refractivity contribution in [2.45, 2.75) is 6.61 Å². The molecule has 0 saturated heterocycles. The lowest BCUT2D eigenvalue weighted by Gasteiger charge is -2.07. The number of aliphatic hydroxyl groups is 1.